The first-order valence-electron chi connectivity index (χ1n) is 9.75. The van der Waals surface area contributed by atoms with E-state index < -0.39 is 22.9 Å². The van der Waals surface area contributed by atoms with Crippen molar-refractivity contribution >= 4 is 34.3 Å². The molecule has 0 spiro atoms. The predicted molar refractivity (Wildman–Crippen MR) is 116 cm³/mol. The van der Waals surface area contributed by atoms with Gasteiger partial charge in [0.15, 0.2) is 0 Å². The van der Waals surface area contributed by atoms with Crippen LogP contribution in [-0.2, 0) is 20.5 Å². The van der Waals surface area contributed by atoms with Crippen molar-refractivity contribution in [1.29, 1.82) is 0 Å². The molecule has 1 aliphatic rings. The van der Waals surface area contributed by atoms with Gasteiger partial charge in [0.1, 0.15) is 5.54 Å². The van der Waals surface area contributed by atoms with E-state index in [0.717, 1.165) is 16.3 Å². The number of fused-ring (bicyclic) bond motifs is 1. The summed E-state index contributed by atoms with van der Waals surface area (Å²) in [6.45, 7) is 5.42. The summed E-state index contributed by atoms with van der Waals surface area (Å²) < 4.78 is 0. The van der Waals surface area contributed by atoms with Crippen LogP contribution in [0.3, 0.4) is 0 Å². The Labute approximate surface area is 174 Å². The summed E-state index contributed by atoms with van der Waals surface area (Å²) in [5.74, 6) is -0.537. The Morgan fingerprint density at radius 3 is 2.23 bits per heavy atom. The molecule has 0 aliphatic carbocycles. The van der Waals surface area contributed by atoms with E-state index in [-0.39, 0.29) is 5.91 Å². The quantitative estimate of drug-likeness (QED) is 0.581. The third-order valence-corrected chi connectivity index (χ3v) is 5.80. The summed E-state index contributed by atoms with van der Waals surface area (Å²) in [5.41, 5.74) is 0.314. The van der Waals surface area contributed by atoms with E-state index in [0.29, 0.717) is 11.3 Å². The maximum absolute atomic E-state index is 13.0. The van der Waals surface area contributed by atoms with Crippen molar-refractivity contribution in [3.8, 4) is 0 Å². The molecule has 152 valence electrons. The normalized spacial score (nSPS) is 18.8. The summed E-state index contributed by atoms with van der Waals surface area (Å²) in [6, 6.07) is 20.5. The molecule has 1 unspecified atom stereocenters. The van der Waals surface area contributed by atoms with Crippen molar-refractivity contribution in [3.63, 3.8) is 0 Å². The number of hydrogen-bond donors (Lipinski definition) is 3. The van der Waals surface area contributed by atoms with Crippen molar-refractivity contribution in [2.45, 2.75) is 31.7 Å². The van der Waals surface area contributed by atoms with E-state index in [4.69, 9.17) is 0 Å². The van der Waals surface area contributed by atoms with Gasteiger partial charge in [0.25, 0.3) is 5.91 Å². The average molecular weight is 401 g/mol. The minimum absolute atomic E-state index is 0.136. The van der Waals surface area contributed by atoms with Gasteiger partial charge in [0.2, 0.25) is 5.91 Å². The third-order valence-electron chi connectivity index (χ3n) is 5.80. The van der Waals surface area contributed by atoms with Gasteiger partial charge in [0.05, 0.1) is 5.41 Å². The Balaban J connectivity index is 1.54. The Morgan fingerprint density at radius 2 is 1.60 bits per heavy atom. The van der Waals surface area contributed by atoms with Gasteiger partial charge in [-0.05, 0) is 54.8 Å². The smallest absolute Gasteiger partial charge is 0.322 e. The lowest BCUT2D eigenvalue weighted by Crippen LogP contribution is -2.40. The van der Waals surface area contributed by atoms with Crippen LogP contribution in [0, 0.1) is 0 Å². The molecular formula is C24H23N3O3. The highest BCUT2D eigenvalue weighted by Crippen LogP contribution is 2.29. The topological polar surface area (TPSA) is 87.3 Å². The molecule has 4 amide bonds. The standard InChI is InChI=1S/C24H23N3O3/c1-23(2,18-9-8-15-6-4-5-7-16(15)14-18)20(28)25-19-12-10-17(11-13-19)24(3)21(29)26-22(30)27-24/h4-14H,1-3H3,(H,25,28)(H2,26,27,29,30). The van der Waals surface area contributed by atoms with Gasteiger partial charge in [-0.1, -0.05) is 54.6 Å². The number of benzene rings is 3. The largest absolute Gasteiger partial charge is 0.325 e. The predicted octanol–water partition coefficient (Wildman–Crippen LogP) is 3.81. The zero-order valence-corrected chi connectivity index (χ0v) is 17.1. The Kier molecular flexibility index (Phi) is 4.57. The second-order valence-electron chi connectivity index (χ2n) is 8.25. The summed E-state index contributed by atoms with van der Waals surface area (Å²) in [4.78, 5) is 36.6. The first-order chi connectivity index (χ1) is 14.2. The van der Waals surface area contributed by atoms with Crippen molar-refractivity contribution in [2.75, 3.05) is 5.32 Å². The Hall–Kier alpha value is -3.67. The van der Waals surface area contributed by atoms with Crippen LogP contribution in [0.2, 0.25) is 0 Å². The van der Waals surface area contributed by atoms with Crippen LogP contribution in [0.15, 0.2) is 66.7 Å². The van der Waals surface area contributed by atoms with Crippen molar-refractivity contribution < 1.29 is 14.4 Å². The van der Waals surface area contributed by atoms with Crippen LogP contribution >= 0.6 is 0 Å². The summed E-state index contributed by atoms with van der Waals surface area (Å²) in [7, 11) is 0. The molecule has 0 saturated carbocycles. The van der Waals surface area contributed by atoms with Gasteiger partial charge in [-0.15, -0.1) is 0 Å². The summed E-state index contributed by atoms with van der Waals surface area (Å²) in [6.07, 6.45) is 0. The van der Waals surface area contributed by atoms with E-state index in [1.165, 1.54) is 0 Å². The SMILES string of the molecule is CC(C)(C(=O)Nc1ccc(C2(C)NC(=O)NC2=O)cc1)c1ccc2ccccc2c1. The fraction of sp³-hybridized carbons (Fsp3) is 0.208. The molecule has 0 aromatic heterocycles. The highest BCUT2D eigenvalue weighted by atomic mass is 16.2. The van der Waals surface area contributed by atoms with Gasteiger partial charge in [-0.25, -0.2) is 4.79 Å². The average Bonchev–Trinajstić information content (AvgIpc) is 3.00. The minimum atomic E-state index is -1.12. The van der Waals surface area contributed by atoms with Gasteiger partial charge >= 0.3 is 6.03 Å². The highest BCUT2D eigenvalue weighted by molar-refractivity contribution is 6.07. The number of imide groups is 1. The van der Waals surface area contributed by atoms with Crippen molar-refractivity contribution in [2.24, 2.45) is 0 Å². The molecule has 1 fully saturated rings. The van der Waals surface area contributed by atoms with Crippen LogP contribution < -0.4 is 16.0 Å². The van der Waals surface area contributed by atoms with E-state index in [2.05, 4.69) is 16.0 Å². The van der Waals surface area contributed by atoms with Gasteiger partial charge < -0.3 is 10.6 Å². The molecule has 0 bridgehead atoms. The molecule has 3 N–H and O–H groups in total. The maximum atomic E-state index is 13.0. The van der Waals surface area contributed by atoms with Crippen LogP contribution in [-0.4, -0.2) is 17.8 Å². The monoisotopic (exact) mass is 401 g/mol. The lowest BCUT2D eigenvalue weighted by Gasteiger charge is -2.25. The summed E-state index contributed by atoms with van der Waals surface area (Å²) >= 11 is 0. The number of carbonyl (C=O) groups excluding carboxylic acids is 3. The lowest BCUT2D eigenvalue weighted by atomic mass is 9.82. The number of carbonyl (C=O) groups is 3. The summed E-state index contributed by atoms with van der Waals surface area (Å²) in [5, 5.41) is 10.0. The molecule has 4 rings (SSSR count). The number of amides is 4. The molecule has 1 heterocycles. The minimum Gasteiger partial charge on any atom is -0.325 e. The third kappa shape index (κ3) is 3.30. The molecule has 3 aromatic rings. The molecule has 1 atom stereocenters. The van der Waals surface area contributed by atoms with Crippen LogP contribution in [0.25, 0.3) is 10.8 Å². The van der Waals surface area contributed by atoms with Crippen molar-refractivity contribution in [3.05, 3.63) is 77.9 Å². The lowest BCUT2D eigenvalue weighted by molar-refractivity contribution is -0.123. The molecular weight excluding hydrogens is 378 g/mol. The number of urea groups is 1. The zero-order valence-electron chi connectivity index (χ0n) is 17.1. The van der Waals surface area contributed by atoms with Gasteiger partial charge in [0, 0.05) is 5.69 Å². The van der Waals surface area contributed by atoms with Crippen LogP contribution in [0.5, 0.6) is 0 Å². The van der Waals surface area contributed by atoms with Gasteiger partial charge in [-0.3, -0.25) is 14.9 Å². The Bertz CT molecular complexity index is 1170. The Morgan fingerprint density at radius 1 is 0.933 bits per heavy atom. The number of anilines is 1. The molecule has 0 radical (unpaired) electrons. The molecule has 1 saturated heterocycles. The second-order valence-corrected chi connectivity index (χ2v) is 8.25. The molecule has 3 aromatic carbocycles. The molecule has 1 aliphatic heterocycles. The van der Waals surface area contributed by atoms with Crippen molar-refractivity contribution in [1.82, 2.24) is 10.6 Å². The van der Waals surface area contributed by atoms with Gasteiger partial charge in [-0.2, -0.15) is 0 Å². The first-order valence-corrected chi connectivity index (χ1v) is 9.75. The van der Waals surface area contributed by atoms with E-state index in [9.17, 15) is 14.4 Å². The molecule has 6 heteroatoms. The first kappa shape index (κ1) is 19.6. The van der Waals surface area contributed by atoms with E-state index >= 15 is 0 Å². The second kappa shape index (κ2) is 6.99. The number of nitrogens with one attached hydrogen (secondary N) is 3. The fourth-order valence-corrected chi connectivity index (χ4v) is 3.63. The van der Waals surface area contributed by atoms with E-state index in [1.807, 2.05) is 56.3 Å². The van der Waals surface area contributed by atoms with E-state index in [1.54, 1.807) is 31.2 Å². The van der Waals surface area contributed by atoms with Crippen LogP contribution in [0.1, 0.15) is 31.9 Å². The fourth-order valence-electron chi connectivity index (χ4n) is 3.63. The molecule has 6 nitrogen and oxygen atoms in total. The highest BCUT2D eigenvalue weighted by Gasteiger charge is 2.43. The van der Waals surface area contributed by atoms with Crippen LogP contribution in [0.4, 0.5) is 10.5 Å². The number of rotatable bonds is 4. The molecule has 30 heavy (non-hydrogen) atoms. The maximum Gasteiger partial charge on any atom is 0.322 e. The number of hydrogen-bond acceptors (Lipinski definition) is 3. The zero-order chi connectivity index (χ0) is 21.5.